The highest BCUT2D eigenvalue weighted by Gasteiger charge is 2.19. The molecule has 5 nitrogen and oxygen atoms in total. The van der Waals surface area contributed by atoms with Crippen molar-refractivity contribution in [2.75, 3.05) is 6.54 Å². The van der Waals surface area contributed by atoms with E-state index in [2.05, 4.69) is 5.32 Å². The molecule has 0 heterocycles. The minimum absolute atomic E-state index is 0.00675. The van der Waals surface area contributed by atoms with Crippen LogP contribution in [0.1, 0.15) is 27.4 Å². The van der Waals surface area contributed by atoms with Crippen LogP contribution in [0.3, 0.4) is 0 Å². The van der Waals surface area contributed by atoms with E-state index in [0.29, 0.717) is 15.7 Å². The van der Waals surface area contributed by atoms with Gasteiger partial charge in [0, 0.05) is 28.2 Å². The van der Waals surface area contributed by atoms with Gasteiger partial charge in [-0.1, -0.05) is 60.7 Å². The largest absolute Gasteiger partial charge is 0.351 e. The number of carbonyl (C=O) groups excluding carboxylic acids is 1. The van der Waals surface area contributed by atoms with Gasteiger partial charge in [0.15, 0.2) is 0 Å². The number of rotatable bonds is 6. The minimum Gasteiger partial charge on any atom is -0.351 e. The molecule has 3 aromatic carbocycles. The zero-order valence-electron chi connectivity index (χ0n) is 14.3. The summed E-state index contributed by atoms with van der Waals surface area (Å²) < 4.78 is 0.673. The average molecular weight is 472 g/mol. The lowest BCUT2D eigenvalue weighted by Crippen LogP contribution is -2.29. The summed E-state index contributed by atoms with van der Waals surface area (Å²) in [6.45, 7) is 0.394. The fourth-order valence-corrected chi connectivity index (χ4v) is 3.47. The second kappa shape index (κ2) is 8.77. The van der Waals surface area contributed by atoms with Crippen LogP contribution < -0.4 is 5.32 Å². The lowest BCUT2D eigenvalue weighted by Gasteiger charge is -2.19. The van der Waals surface area contributed by atoms with E-state index in [9.17, 15) is 14.9 Å². The molecule has 3 rings (SSSR count). The Morgan fingerprint density at radius 1 is 0.963 bits per heavy atom. The summed E-state index contributed by atoms with van der Waals surface area (Å²) in [6.07, 6.45) is 0. The van der Waals surface area contributed by atoms with Crippen molar-refractivity contribution in [2.24, 2.45) is 0 Å². The number of nitro groups is 1. The molecule has 136 valence electrons. The van der Waals surface area contributed by atoms with E-state index >= 15 is 0 Å². The predicted molar refractivity (Wildman–Crippen MR) is 113 cm³/mol. The quantitative estimate of drug-likeness (QED) is 0.320. The highest BCUT2D eigenvalue weighted by molar-refractivity contribution is 14.1. The Morgan fingerprint density at radius 2 is 1.52 bits per heavy atom. The Morgan fingerprint density at radius 3 is 2.04 bits per heavy atom. The number of carbonyl (C=O) groups is 1. The molecule has 0 saturated heterocycles. The maximum Gasteiger partial charge on any atom is 0.270 e. The Labute approximate surface area is 170 Å². The van der Waals surface area contributed by atoms with E-state index in [4.69, 9.17) is 0 Å². The highest BCUT2D eigenvalue weighted by atomic mass is 127. The van der Waals surface area contributed by atoms with Crippen molar-refractivity contribution in [3.63, 3.8) is 0 Å². The van der Waals surface area contributed by atoms with E-state index < -0.39 is 4.92 Å². The normalized spacial score (nSPS) is 10.6. The SMILES string of the molecule is O=C(NCC(c1ccccc1)c1ccccc1)c1cc([N+](=O)[O-])ccc1I. The monoisotopic (exact) mass is 472 g/mol. The molecular weight excluding hydrogens is 455 g/mol. The van der Waals surface area contributed by atoms with Gasteiger partial charge in [-0.25, -0.2) is 0 Å². The third kappa shape index (κ3) is 4.71. The molecule has 0 fully saturated rings. The molecule has 0 aliphatic carbocycles. The number of nitro benzene ring substituents is 1. The Bertz CT molecular complexity index is 907. The van der Waals surface area contributed by atoms with Crippen LogP contribution in [0.2, 0.25) is 0 Å². The first kappa shape index (κ1) is 19.0. The second-order valence-electron chi connectivity index (χ2n) is 6.01. The van der Waals surface area contributed by atoms with E-state index in [1.54, 1.807) is 6.07 Å². The van der Waals surface area contributed by atoms with Gasteiger partial charge < -0.3 is 5.32 Å². The molecule has 0 unspecified atom stereocenters. The van der Waals surface area contributed by atoms with Crippen LogP contribution in [0.5, 0.6) is 0 Å². The molecule has 1 N–H and O–H groups in total. The molecule has 0 saturated carbocycles. The fraction of sp³-hybridized carbons (Fsp3) is 0.0952. The predicted octanol–water partition coefficient (Wildman–Crippen LogP) is 4.76. The number of hydrogen-bond donors (Lipinski definition) is 1. The van der Waals surface area contributed by atoms with Crippen LogP contribution in [-0.2, 0) is 0 Å². The standard InChI is InChI=1S/C21H17IN2O3/c22-20-12-11-17(24(26)27)13-18(20)21(25)23-14-19(15-7-3-1-4-8-15)16-9-5-2-6-10-16/h1-13,19H,14H2,(H,23,25). The lowest BCUT2D eigenvalue weighted by molar-refractivity contribution is -0.384. The van der Waals surface area contributed by atoms with E-state index in [0.717, 1.165) is 11.1 Å². The van der Waals surface area contributed by atoms with Gasteiger partial charge in [-0.2, -0.15) is 0 Å². The highest BCUT2D eigenvalue weighted by Crippen LogP contribution is 2.24. The van der Waals surface area contributed by atoms with Crippen LogP contribution >= 0.6 is 22.6 Å². The van der Waals surface area contributed by atoms with Crippen LogP contribution in [-0.4, -0.2) is 17.4 Å². The molecule has 6 heteroatoms. The number of non-ortho nitro benzene ring substituents is 1. The van der Waals surface area contributed by atoms with E-state index in [-0.39, 0.29) is 17.5 Å². The summed E-state index contributed by atoms with van der Waals surface area (Å²) >= 11 is 2.01. The van der Waals surface area contributed by atoms with Gasteiger partial charge in [-0.05, 0) is 39.8 Å². The minimum atomic E-state index is -0.496. The molecule has 0 aliphatic rings. The van der Waals surface area contributed by atoms with Gasteiger partial charge in [0.05, 0.1) is 10.5 Å². The van der Waals surface area contributed by atoms with Crippen molar-refractivity contribution in [3.8, 4) is 0 Å². The summed E-state index contributed by atoms with van der Waals surface area (Å²) in [7, 11) is 0. The molecule has 27 heavy (non-hydrogen) atoms. The summed E-state index contributed by atoms with van der Waals surface area (Å²) in [5.74, 6) is -0.326. The van der Waals surface area contributed by atoms with Crippen molar-refractivity contribution >= 4 is 34.2 Å². The molecule has 0 bridgehead atoms. The number of nitrogens with one attached hydrogen (secondary N) is 1. The van der Waals surface area contributed by atoms with Crippen molar-refractivity contribution < 1.29 is 9.72 Å². The van der Waals surface area contributed by atoms with E-state index in [1.807, 2.05) is 83.3 Å². The molecular formula is C21H17IN2O3. The van der Waals surface area contributed by atoms with Crippen molar-refractivity contribution in [1.29, 1.82) is 0 Å². The lowest BCUT2D eigenvalue weighted by atomic mass is 9.91. The van der Waals surface area contributed by atoms with Crippen LogP contribution in [0, 0.1) is 13.7 Å². The average Bonchev–Trinajstić information content (AvgIpc) is 2.70. The maximum absolute atomic E-state index is 12.7. The zero-order chi connectivity index (χ0) is 19.2. The Hall–Kier alpha value is -2.74. The second-order valence-corrected chi connectivity index (χ2v) is 7.17. The van der Waals surface area contributed by atoms with Crippen molar-refractivity contribution in [3.05, 3.63) is 109 Å². The van der Waals surface area contributed by atoms with Gasteiger partial charge in [0.25, 0.3) is 11.6 Å². The molecule has 0 spiro atoms. The smallest absolute Gasteiger partial charge is 0.270 e. The fourth-order valence-electron chi connectivity index (χ4n) is 2.89. The third-order valence-electron chi connectivity index (χ3n) is 4.28. The Kier molecular flexibility index (Phi) is 6.18. The number of hydrogen-bond acceptors (Lipinski definition) is 3. The van der Waals surface area contributed by atoms with Crippen LogP contribution in [0.15, 0.2) is 78.9 Å². The number of benzene rings is 3. The molecule has 0 aromatic heterocycles. The molecule has 0 aliphatic heterocycles. The summed E-state index contributed by atoms with van der Waals surface area (Å²) in [5, 5.41) is 13.9. The number of nitrogens with zero attached hydrogens (tertiary/aromatic N) is 1. The topological polar surface area (TPSA) is 72.2 Å². The van der Waals surface area contributed by atoms with Crippen LogP contribution in [0.25, 0.3) is 0 Å². The van der Waals surface area contributed by atoms with Gasteiger partial charge in [0.1, 0.15) is 0 Å². The van der Waals surface area contributed by atoms with E-state index in [1.165, 1.54) is 12.1 Å². The number of amides is 1. The van der Waals surface area contributed by atoms with Crippen LogP contribution in [0.4, 0.5) is 5.69 Å². The first-order chi connectivity index (χ1) is 13.1. The van der Waals surface area contributed by atoms with Gasteiger partial charge >= 0.3 is 0 Å². The van der Waals surface area contributed by atoms with Gasteiger partial charge in [-0.3, -0.25) is 14.9 Å². The maximum atomic E-state index is 12.7. The van der Waals surface area contributed by atoms with Crippen molar-refractivity contribution in [1.82, 2.24) is 5.32 Å². The molecule has 0 atom stereocenters. The van der Waals surface area contributed by atoms with Gasteiger partial charge in [-0.15, -0.1) is 0 Å². The summed E-state index contributed by atoms with van der Waals surface area (Å²) in [5.41, 5.74) is 2.41. The summed E-state index contributed by atoms with van der Waals surface area (Å²) in [6, 6.07) is 24.2. The zero-order valence-corrected chi connectivity index (χ0v) is 16.5. The van der Waals surface area contributed by atoms with Crippen molar-refractivity contribution in [2.45, 2.75) is 5.92 Å². The summed E-state index contributed by atoms with van der Waals surface area (Å²) in [4.78, 5) is 23.2. The first-order valence-electron chi connectivity index (χ1n) is 8.38. The molecule has 0 radical (unpaired) electrons. The molecule has 1 amide bonds. The molecule has 3 aromatic rings. The van der Waals surface area contributed by atoms with Gasteiger partial charge in [0.2, 0.25) is 0 Å². The number of halogens is 1. The third-order valence-corrected chi connectivity index (χ3v) is 5.22. The Balaban J connectivity index is 1.83. The first-order valence-corrected chi connectivity index (χ1v) is 9.46.